The first-order valence-corrected chi connectivity index (χ1v) is 10.6. The summed E-state index contributed by atoms with van der Waals surface area (Å²) in [5.41, 5.74) is 5.35. The molecule has 0 aromatic carbocycles. The molecule has 164 valence electrons. The first-order valence-electron chi connectivity index (χ1n) is 10.6. The van der Waals surface area contributed by atoms with Crippen LogP contribution in [0.1, 0.15) is 30.5 Å². The monoisotopic (exact) mass is 426 g/mol. The van der Waals surface area contributed by atoms with Crippen molar-refractivity contribution in [3.8, 4) is 0 Å². The number of carbonyl (C=O) groups excluding carboxylic acids is 2. The van der Waals surface area contributed by atoms with E-state index in [9.17, 15) is 9.59 Å². The lowest BCUT2D eigenvalue weighted by atomic mass is 9.87. The third-order valence-electron chi connectivity index (χ3n) is 6.18. The number of Topliss-reactive ketones (excluding diaryl/α,β-unsaturated/α-hetero) is 1. The number of likely N-dealkylation sites (tertiary alicyclic amines) is 2. The zero-order valence-corrected chi connectivity index (χ0v) is 17.4. The van der Waals surface area contributed by atoms with Gasteiger partial charge in [0.05, 0.1) is 6.54 Å². The molecule has 9 heteroatoms. The van der Waals surface area contributed by atoms with Gasteiger partial charge in [-0.1, -0.05) is 6.07 Å². The standard InChI is InChI=1S/C22H27FN6O2/c23-22(5-9-28(10-6-22)14-16-12-26-21(24)27-13-16)20(31)29-8-4-17(19(30)15-29)11-18-3-1-2-7-25-18/h1-3,7,12-13,17H,4-6,8-11,14-15H2,(H2,24,26,27). The molecular weight excluding hydrogens is 399 g/mol. The molecule has 1 atom stereocenters. The Labute approximate surface area is 180 Å². The third-order valence-corrected chi connectivity index (χ3v) is 6.18. The number of nitrogens with zero attached hydrogens (tertiary/aromatic N) is 5. The van der Waals surface area contributed by atoms with Crippen molar-refractivity contribution in [2.75, 3.05) is 31.9 Å². The van der Waals surface area contributed by atoms with Crippen LogP contribution in [-0.4, -0.2) is 68.3 Å². The number of piperidine rings is 2. The highest BCUT2D eigenvalue weighted by molar-refractivity contribution is 5.92. The molecule has 2 N–H and O–H groups in total. The highest BCUT2D eigenvalue weighted by Crippen LogP contribution is 2.31. The molecule has 2 saturated heterocycles. The van der Waals surface area contributed by atoms with Crippen LogP contribution >= 0.6 is 0 Å². The number of ketones is 1. The molecule has 4 rings (SSSR count). The zero-order valence-electron chi connectivity index (χ0n) is 17.4. The molecule has 0 spiro atoms. The number of hydrogen-bond acceptors (Lipinski definition) is 7. The molecule has 0 radical (unpaired) electrons. The second kappa shape index (κ2) is 9.05. The fraction of sp³-hybridized carbons (Fsp3) is 0.500. The number of aromatic nitrogens is 3. The Morgan fingerprint density at radius 3 is 2.55 bits per heavy atom. The van der Waals surface area contributed by atoms with Crippen molar-refractivity contribution in [3.63, 3.8) is 0 Å². The van der Waals surface area contributed by atoms with Crippen LogP contribution in [0.4, 0.5) is 10.3 Å². The number of nitrogen functional groups attached to an aromatic ring is 1. The zero-order chi connectivity index (χ0) is 21.8. The normalized spacial score (nSPS) is 21.8. The van der Waals surface area contributed by atoms with Crippen LogP contribution in [0.3, 0.4) is 0 Å². The maximum Gasteiger partial charge on any atom is 0.260 e. The van der Waals surface area contributed by atoms with Gasteiger partial charge in [-0.2, -0.15) is 0 Å². The Kier molecular flexibility index (Phi) is 6.22. The average Bonchev–Trinajstić information content (AvgIpc) is 2.78. The van der Waals surface area contributed by atoms with Crippen molar-refractivity contribution in [1.29, 1.82) is 0 Å². The topological polar surface area (TPSA) is 105 Å². The van der Waals surface area contributed by atoms with Crippen LogP contribution in [0, 0.1) is 5.92 Å². The predicted octanol–water partition coefficient (Wildman–Crippen LogP) is 1.42. The van der Waals surface area contributed by atoms with Crippen LogP contribution in [0.25, 0.3) is 0 Å². The van der Waals surface area contributed by atoms with Crippen molar-refractivity contribution >= 4 is 17.6 Å². The van der Waals surface area contributed by atoms with Crippen molar-refractivity contribution in [3.05, 3.63) is 48.0 Å². The quantitative estimate of drug-likeness (QED) is 0.771. The summed E-state index contributed by atoms with van der Waals surface area (Å²) in [6.45, 7) is 1.88. The number of amides is 1. The average molecular weight is 426 g/mol. The number of pyridine rings is 1. The Morgan fingerprint density at radius 1 is 1.16 bits per heavy atom. The maximum absolute atomic E-state index is 15.5. The minimum atomic E-state index is -1.91. The number of halogens is 1. The van der Waals surface area contributed by atoms with E-state index in [1.807, 2.05) is 18.2 Å². The molecule has 31 heavy (non-hydrogen) atoms. The molecule has 0 saturated carbocycles. The van der Waals surface area contributed by atoms with Gasteiger partial charge in [-0.25, -0.2) is 14.4 Å². The van der Waals surface area contributed by atoms with Gasteiger partial charge in [0.25, 0.3) is 5.91 Å². The number of rotatable bonds is 5. The van der Waals surface area contributed by atoms with Crippen LogP contribution in [-0.2, 0) is 22.6 Å². The molecular formula is C22H27FN6O2. The first kappa shape index (κ1) is 21.3. The van der Waals surface area contributed by atoms with E-state index >= 15 is 4.39 Å². The summed E-state index contributed by atoms with van der Waals surface area (Å²) in [6.07, 6.45) is 6.36. The Morgan fingerprint density at radius 2 is 1.90 bits per heavy atom. The molecule has 1 amide bonds. The maximum atomic E-state index is 15.5. The summed E-state index contributed by atoms with van der Waals surface area (Å²) < 4.78 is 15.5. The molecule has 2 aromatic heterocycles. The minimum Gasteiger partial charge on any atom is -0.368 e. The van der Waals surface area contributed by atoms with Gasteiger partial charge in [-0.3, -0.25) is 19.5 Å². The van der Waals surface area contributed by atoms with Crippen molar-refractivity contribution in [2.45, 2.75) is 37.9 Å². The van der Waals surface area contributed by atoms with Crippen LogP contribution in [0.15, 0.2) is 36.8 Å². The highest BCUT2D eigenvalue weighted by Gasteiger charge is 2.45. The fourth-order valence-electron chi connectivity index (χ4n) is 4.30. The van der Waals surface area contributed by atoms with Gasteiger partial charge in [0, 0.05) is 74.8 Å². The summed E-state index contributed by atoms with van der Waals surface area (Å²) in [6, 6.07) is 5.62. The number of nitrogens with two attached hydrogens (primary N) is 1. The van der Waals surface area contributed by atoms with E-state index in [0.29, 0.717) is 39.0 Å². The third kappa shape index (κ3) is 5.04. The van der Waals surface area contributed by atoms with E-state index in [-0.39, 0.29) is 37.0 Å². The van der Waals surface area contributed by atoms with Crippen LogP contribution < -0.4 is 5.73 Å². The van der Waals surface area contributed by atoms with Gasteiger partial charge in [0.15, 0.2) is 11.5 Å². The van der Waals surface area contributed by atoms with E-state index in [2.05, 4.69) is 19.9 Å². The Balaban J connectivity index is 1.29. The Bertz CT molecular complexity index is 915. The van der Waals surface area contributed by atoms with Crippen molar-refractivity contribution < 1.29 is 14.0 Å². The van der Waals surface area contributed by atoms with Crippen molar-refractivity contribution in [2.24, 2.45) is 5.92 Å². The second-order valence-electron chi connectivity index (χ2n) is 8.39. The van der Waals surface area contributed by atoms with Crippen molar-refractivity contribution in [1.82, 2.24) is 24.8 Å². The van der Waals surface area contributed by atoms with Gasteiger partial charge in [-0.05, 0) is 25.0 Å². The van der Waals surface area contributed by atoms with Crippen LogP contribution in [0.2, 0.25) is 0 Å². The van der Waals surface area contributed by atoms with E-state index in [1.54, 1.807) is 18.6 Å². The van der Waals surface area contributed by atoms with Gasteiger partial charge in [0.2, 0.25) is 5.95 Å². The lowest BCUT2D eigenvalue weighted by Crippen LogP contribution is -2.55. The predicted molar refractivity (Wildman–Crippen MR) is 112 cm³/mol. The van der Waals surface area contributed by atoms with Gasteiger partial charge in [-0.15, -0.1) is 0 Å². The smallest absolute Gasteiger partial charge is 0.260 e. The SMILES string of the molecule is Nc1ncc(CN2CCC(F)(C(=O)N3CCC(Cc4ccccn4)C(=O)C3)CC2)cn1. The van der Waals surface area contributed by atoms with E-state index in [1.165, 1.54) is 4.90 Å². The fourth-order valence-corrected chi connectivity index (χ4v) is 4.30. The second-order valence-corrected chi connectivity index (χ2v) is 8.39. The van der Waals surface area contributed by atoms with Gasteiger partial charge in [0.1, 0.15) is 0 Å². The molecule has 0 bridgehead atoms. The number of alkyl halides is 1. The summed E-state index contributed by atoms with van der Waals surface area (Å²) in [5.74, 6) is -0.519. The lowest BCUT2D eigenvalue weighted by molar-refractivity contribution is -0.152. The molecule has 8 nitrogen and oxygen atoms in total. The highest BCUT2D eigenvalue weighted by atomic mass is 19.1. The molecule has 2 aromatic rings. The lowest BCUT2D eigenvalue weighted by Gasteiger charge is -2.40. The van der Waals surface area contributed by atoms with Crippen LogP contribution in [0.5, 0.6) is 0 Å². The molecule has 2 aliphatic rings. The van der Waals surface area contributed by atoms with E-state index in [4.69, 9.17) is 5.73 Å². The number of carbonyl (C=O) groups is 2. The summed E-state index contributed by atoms with van der Waals surface area (Å²) >= 11 is 0. The summed E-state index contributed by atoms with van der Waals surface area (Å²) in [7, 11) is 0. The molecule has 0 aliphatic carbocycles. The van der Waals surface area contributed by atoms with Gasteiger partial charge >= 0.3 is 0 Å². The molecule has 4 heterocycles. The Hall–Kier alpha value is -2.94. The number of anilines is 1. The largest absolute Gasteiger partial charge is 0.368 e. The number of hydrogen-bond donors (Lipinski definition) is 1. The minimum absolute atomic E-state index is 0.0189. The molecule has 2 fully saturated rings. The first-order chi connectivity index (χ1) is 14.9. The molecule has 1 unspecified atom stereocenters. The van der Waals surface area contributed by atoms with E-state index < -0.39 is 11.6 Å². The molecule has 2 aliphatic heterocycles. The van der Waals surface area contributed by atoms with E-state index in [0.717, 1.165) is 11.3 Å². The summed E-state index contributed by atoms with van der Waals surface area (Å²) in [5, 5.41) is 0. The van der Waals surface area contributed by atoms with Gasteiger partial charge < -0.3 is 10.6 Å². The summed E-state index contributed by atoms with van der Waals surface area (Å²) in [4.78, 5) is 41.2.